The van der Waals surface area contributed by atoms with Crippen LogP contribution >= 0.6 is 0 Å². The van der Waals surface area contributed by atoms with Gasteiger partial charge in [-0.05, 0) is 26.3 Å². The molecule has 0 aliphatic rings. The average molecular weight is 198 g/mol. The number of rotatable bonds is 6. The zero-order valence-corrected chi connectivity index (χ0v) is 8.77. The minimum Gasteiger partial charge on any atom is -0.396 e. The standard InChI is InChI=1S/C9H18N4O/c1-8(10-5-3-4-6-14)9-12-11-7-13(9)2/h7-8,10,14H,3-6H2,1-2H3. The van der Waals surface area contributed by atoms with Crippen molar-refractivity contribution in [3.63, 3.8) is 0 Å². The molecule has 14 heavy (non-hydrogen) atoms. The highest BCUT2D eigenvalue weighted by Crippen LogP contribution is 2.06. The van der Waals surface area contributed by atoms with Crippen LogP contribution in [0.15, 0.2) is 6.33 Å². The molecule has 1 aromatic heterocycles. The summed E-state index contributed by atoms with van der Waals surface area (Å²) < 4.78 is 1.91. The van der Waals surface area contributed by atoms with E-state index in [1.54, 1.807) is 6.33 Å². The van der Waals surface area contributed by atoms with E-state index in [1.165, 1.54) is 0 Å². The third kappa shape index (κ3) is 3.08. The molecule has 1 unspecified atom stereocenters. The van der Waals surface area contributed by atoms with Crippen molar-refractivity contribution in [2.75, 3.05) is 13.2 Å². The van der Waals surface area contributed by atoms with Crippen molar-refractivity contribution in [2.45, 2.75) is 25.8 Å². The lowest BCUT2D eigenvalue weighted by Crippen LogP contribution is -2.22. The van der Waals surface area contributed by atoms with Gasteiger partial charge in [-0.25, -0.2) is 0 Å². The van der Waals surface area contributed by atoms with E-state index < -0.39 is 0 Å². The van der Waals surface area contributed by atoms with Crippen LogP contribution in [0.2, 0.25) is 0 Å². The summed E-state index contributed by atoms with van der Waals surface area (Å²) in [6.45, 7) is 3.22. The van der Waals surface area contributed by atoms with E-state index in [4.69, 9.17) is 5.11 Å². The van der Waals surface area contributed by atoms with Crippen LogP contribution in [-0.4, -0.2) is 33.0 Å². The van der Waals surface area contributed by atoms with Crippen molar-refractivity contribution in [2.24, 2.45) is 7.05 Å². The average Bonchev–Trinajstić information content (AvgIpc) is 2.59. The molecule has 0 aliphatic heterocycles. The van der Waals surface area contributed by atoms with Crippen LogP contribution in [0.4, 0.5) is 0 Å². The second kappa shape index (κ2) is 5.72. The number of aryl methyl sites for hydroxylation is 1. The number of aliphatic hydroxyl groups excluding tert-OH is 1. The molecule has 0 aliphatic carbocycles. The van der Waals surface area contributed by atoms with Gasteiger partial charge in [-0.3, -0.25) is 0 Å². The highest BCUT2D eigenvalue weighted by Gasteiger charge is 2.09. The van der Waals surface area contributed by atoms with Crippen molar-refractivity contribution in [3.8, 4) is 0 Å². The van der Waals surface area contributed by atoms with Gasteiger partial charge in [0.1, 0.15) is 12.2 Å². The maximum absolute atomic E-state index is 8.61. The van der Waals surface area contributed by atoms with Gasteiger partial charge in [0.25, 0.3) is 0 Å². The van der Waals surface area contributed by atoms with Crippen molar-refractivity contribution >= 4 is 0 Å². The Morgan fingerprint density at radius 3 is 2.93 bits per heavy atom. The summed E-state index contributed by atoms with van der Waals surface area (Å²) in [5.74, 6) is 0.939. The van der Waals surface area contributed by atoms with Gasteiger partial charge >= 0.3 is 0 Å². The first-order valence-corrected chi connectivity index (χ1v) is 4.94. The topological polar surface area (TPSA) is 63.0 Å². The predicted molar refractivity (Wildman–Crippen MR) is 53.7 cm³/mol. The predicted octanol–water partition coefficient (Wildman–Crippen LogP) is 0.238. The van der Waals surface area contributed by atoms with Gasteiger partial charge in [0, 0.05) is 13.7 Å². The molecule has 0 saturated carbocycles. The zero-order chi connectivity index (χ0) is 10.4. The molecule has 1 aromatic rings. The van der Waals surface area contributed by atoms with Crippen molar-refractivity contribution < 1.29 is 5.11 Å². The maximum Gasteiger partial charge on any atom is 0.149 e. The lowest BCUT2D eigenvalue weighted by molar-refractivity contribution is 0.282. The van der Waals surface area contributed by atoms with Crippen molar-refractivity contribution in [1.82, 2.24) is 20.1 Å². The van der Waals surface area contributed by atoms with Gasteiger partial charge in [-0.15, -0.1) is 10.2 Å². The number of unbranched alkanes of at least 4 members (excludes halogenated alkanes) is 1. The molecule has 80 valence electrons. The minimum atomic E-state index is 0.209. The maximum atomic E-state index is 8.61. The highest BCUT2D eigenvalue weighted by atomic mass is 16.2. The quantitative estimate of drug-likeness (QED) is 0.643. The molecule has 1 heterocycles. The van der Waals surface area contributed by atoms with Crippen LogP contribution in [-0.2, 0) is 7.05 Å². The molecule has 2 N–H and O–H groups in total. The van der Waals surface area contributed by atoms with Gasteiger partial charge in [0.05, 0.1) is 6.04 Å². The Morgan fingerprint density at radius 2 is 2.36 bits per heavy atom. The first kappa shape index (κ1) is 11.1. The Labute approximate surface area is 84.2 Å². The van der Waals surface area contributed by atoms with E-state index >= 15 is 0 Å². The van der Waals surface area contributed by atoms with E-state index in [2.05, 4.69) is 22.4 Å². The van der Waals surface area contributed by atoms with Crippen LogP contribution in [0.5, 0.6) is 0 Å². The van der Waals surface area contributed by atoms with Gasteiger partial charge in [0.15, 0.2) is 0 Å². The van der Waals surface area contributed by atoms with E-state index in [-0.39, 0.29) is 12.6 Å². The molecule has 1 rings (SSSR count). The van der Waals surface area contributed by atoms with Crippen LogP contribution in [0.1, 0.15) is 31.6 Å². The monoisotopic (exact) mass is 198 g/mol. The third-order valence-corrected chi connectivity index (χ3v) is 2.17. The lowest BCUT2D eigenvalue weighted by Gasteiger charge is -2.12. The molecule has 0 saturated heterocycles. The fourth-order valence-corrected chi connectivity index (χ4v) is 1.33. The summed E-state index contributed by atoms with van der Waals surface area (Å²) in [6.07, 6.45) is 3.53. The number of nitrogens with one attached hydrogen (secondary N) is 1. The fourth-order valence-electron chi connectivity index (χ4n) is 1.33. The lowest BCUT2D eigenvalue weighted by atomic mass is 10.2. The summed E-state index contributed by atoms with van der Waals surface area (Å²) in [4.78, 5) is 0. The van der Waals surface area contributed by atoms with Crippen molar-refractivity contribution in [1.29, 1.82) is 0 Å². The zero-order valence-electron chi connectivity index (χ0n) is 8.77. The van der Waals surface area contributed by atoms with E-state index in [9.17, 15) is 0 Å². The molecule has 0 aromatic carbocycles. The summed E-state index contributed by atoms with van der Waals surface area (Å²) in [7, 11) is 1.93. The minimum absolute atomic E-state index is 0.209. The molecule has 0 radical (unpaired) electrons. The first-order valence-electron chi connectivity index (χ1n) is 4.94. The van der Waals surface area contributed by atoms with E-state index in [0.717, 1.165) is 25.2 Å². The molecule has 0 spiro atoms. The number of nitrogens with zero attached hydrogens (tertiary/aromatic N) is 3. The normalized spacial score (nSPS) is 13.1. The van der Waals surface area contributed by atoms with E-state index in [0.29, 0.717) is 0 Å². The molecule has 0 amide bonds. The third-order valence-electron chi connectivity index (χ3n) is 2.17. The van der Waals surface area contributed by atoms with Gasteiger partial charge in [0.2, 0.25) is 0 Å². The number of hydrogen-bond acceptors (Lipinski definition) is 4. The molecule has 0 bridgehead atoms. The number of hydrogen-bond donors (Lipinski definition) is 2. The largest absolute Gasteiger partial charge is 0.396 e. The molecule has 0 fully saturated rings. The summed E-state index contributed by atoms with van der Waals surface area (Å²) in [5, 5.41) is 19.8. The fraction of sp³-hybridized carbons (Fsp3) is 0.778. The second-order valence-electron chi connectivity index (χ2n) is 3.41. The number of aliphatic hydroxyl groups is 1. The van der Waals surface area contributed by atoms with Crippen LogP contribution < -0.4 is 5.32 Å². The Hall–Kier alpha value is -0.940. The summed E-state index contributed by atoms with van der Waals surface area (Å²) >= 11 is 0. The Balaban J connectivity index is 2.28. The molecule has 1 atom stereocenters. The Bertz CT molecular complexity index is 261. The molecule has 5 heteroatoms. The highest BCUT2D eigenvalue weighted by molar-refractivity contribution is 4.91. The van der Waals surface area contributed by atoms with Gasteiger partial charge in [-0.2, -0.15) is 0 Å². The van der Waals surface area contributed by atoms with Crippen LogP contribution in [0, 0.1) is 0 Å². The summed E-state index contributed by atoms with van der Waals surface area (Å²) in [5.41, 5.74) is 0. The molecule has 5 nitrogen and oxygen atoms in total. The molecular formula is C9H18N4O. The first-order chi connectivity index (χ1) is 6.75. The van der Waals surface area contributed by atoms with Crippen LogP contribution in [0.25, 0.3) is 0 Å². The second-order valence-corrected chi connectivity index (χ2v) is 3.41. The number of aromatic nitrogens is 3. The SMILES string of the molecule is CC(NCCCCO)c1nncn1C. The molecular weight excluding hydrogens is 180 g/mol. The Kier molecular flexibility index (Phi) is 4.55. The smallest absolute Gasteiger partial charge is 0.149 e. The van der Waals surface area contributed by atoms with Gasteiger partial charge in [-0.1, -0.05) is 0 Å². The summed E-state index contributed by atoms with van der Waals surface area (Å²) in [6, 6.07) is 0.209. The van der Waals surface area contributed by atoms with Crippen LogP contribution in [0.3, 0.4) is 0 Å². The van der Waals surface area contributed by atoms with Gasteiger partial charge < -0.3 is 15.0 Å². The van der Waals surface area contributed by atoms with Crippen molar-refractivity contribution in [3.05, 3.63) is 12.2 Å². The van der Waals surface area contributed by atoms with E-state index in [1.807, 2.05) is 11.6 Å². The Morgan fingerprint density at radius 1 is 1.57 bits per heavy atom.